The fraction of sp³-hybridized carbons (Fsp3) is 0.467. The highest BCUT2D eigenvalue weighted by Gasteiger charge is 2.23. The van der Waals surface area contributed by atoms with E-state index in [0.29, 0.717) is 24.6 Å². The van der Waals surface area contributed by atoms with Crippen molar-refractivity contribution in [3.05, 3.63) is 30.1 Å². The molecular weight excluding hydrogens is 300 g/mol. The Morgan fingerprint density at radius 1 is 1.22 bits per heavy atom. The highest BCUT2D eigenvalue weighted by molar-refractivity contribution is 5.71. The Kier molecular flexibility index (Phi) is 5.90. The molecule has 8 nitrogen and oxygen atoms in total. The van der Waals surface area contributed by atoms with Gasteiger partial charge in [0.2, 0.25) is 0 Å². The number of carboxylic acid groups (broad SMARTS) is 1. The minimum absolute atomic E-state index is 0.0917. The summed E-state index contributed by atoms with van der Waals surface area (Å²) in [5.41, 5.74) is 0. The molecule has 0 radical (unpaired) electrons. The zero-order valence-corrected chi connectivity index (χ0v) is 13.2. The van der Waals surface area contributed by atoms with E-state index >= 15 is 0 Å². The van der Waals surface area contributed by atoms with Crippen molar-refractivity contribution in [2.45, 2.75) is 39.3 Å². The standard InChI is InChI=1S/C15H20N4O4/c1-3-5-13(15(20)21)19-14(16-17-18-19)10-23-12-8-6-11(7-9-12)22-4-2/h6-9,13H,3-5,10H2,1-2H3,(H,20,21). The molecule has 0 spiro atoms. The maximum absolute atomic E-state index is 11.3. The Balaban J connectivity index is 2.03. The third-order valence-corrected chi connectivity index (χ3v) is 3.21. The Bertz CT molecular complexity index is 627. The Hall–Kier alpha value is -2.64. The summed E-state index contributed by atoms with van der Waals surface area (Å²) in [4.78, 5) is 11.3. The number of hydrogen-bond acceptors (Lipinski definition) is 6. The summed E-state index contributed by atoms with van der Waals surface area (Å²) in [6.45, 7) is 4.52. The van der Waals surface area contributed by atoms with Gasteiger partial charge in [-0.25, -0.2) is 9.48 Å². The molecule has 0 aliphatic rings. The van der Waals surface area contributed by atoms with Crippen molar-refractivity contribution >= 4 is 5.97 Å². The van der Waals surface area contributed by atoms with Crippen LogP contribution in [0, 0.1) is 0 Å². The van der Waals surface area contributed by atoms with Gasteiger partial charge in [0.1, 0.15) is 18.1 Å². The number of hydrogen-bond donors (Lipinski definition) is 1. The Morgan fingerprint density at radius 2 is 1.87 bits per heavy atom. The summed E-state index contributed by atoms with van der Waals surface area (Å²) in [6, 6.07) is 6.38. The van der Waals surface area contributed by atoms with E-state index in [2.05, 4.69) is 15.5 Å². The number of tetrazole rings is 1. The lowest BCUT2D eigenvalue weighted by molar-refractivity contribution is -0.141. The average Bonchev–Trinajstić information content (AvgIpc) is 3.00. The van der Waals surface area contributed by atoms with Gasteiger partial charge in [0.05, 0.1) is 6.61 Å². The van der Waals surface area contributed by atoms with Crippen LogP contribution in [0.5, 0.6) is 11.5 Å². The maximum Gasteiger partial charge on any atom is 0.328 e. The Labute approximate surface area is 134 Å². The summed E-state index contributed by atoms with van der Waals surface area (Å²) in [5, 5.41) is 20.5. The van der Waals surface area contributed by atoms with Gasteiger partial charge in [-0.1, -0.05) is 13.3 Å². The van der Waals surface area contributed by atoms with Crippen molar-refractivity contribution in [1.82, 2.24) is 20.2 Å². The number of benzene rings is 1. The van der Waals surface area contributed by atoms with E-state index in [1.54, 1.807) is 24.3 Å². The first-order valence-corrected chi connectivity index (χ1v) is 7.50. The molecular formula is C15H20N4O4. The number of nitrogens with zero attached hydrogens (tertiary/aromatic N) is 4. The van der Waals surface area contributed by atoms with E-state index in [-0.39, 0.29) is 6.61 Å². The maximum atomic E-state index is 11.3. The van der Waals surface area contributed by atoms with Crippen LogP contribution in [0.3, 0.4) is 0 Å². The lowest BCUT2D eigenvalue weighted by Gasteiger charge is -2.13. The van der Waals surface area contributed by atoms with E-state index < -0.39 is 12.0 Å². The lowest BCUT2D eigenvalue weighted by atomic mass is 10.2. The van der Waals surface area contributed by atoms with E-state index in [4.69, 9.17) is 9.47 Å². The third kappa shape index (κ3) is 4.41. The molecule has 0 saturated carbocycles. The number of aromatic nitrogens is 4. The monoisotopic (exact) mass is 320 g/mol. The van der Waals surface area contributed by atoms with Gasteiger partial charge in [0, 0.05) is 0 Å². The molecule has 124 valence electrons. The van der Waals surface area contributed by atoms with Gasteiger partial charge in [0.15, 0.2) is 11.9 Å². The molecule has 1 atom stereocenters. The van der Waals surface area contributed by atoms with Crippen LogP contribution in [0.2, 0.25) is 0 Å². The third-order valence-electron chi connectivity index (χ3n) is 3.21. The van der Waals surface area contributed by atoms with Gasteiger partial charge >= 0.3 is 5.97 Å². The van der Waals surface area contributed by atoms with E-state index in [0.717, 1.165) is 12.2 Å². The van der Waals surface area contributed by atoms with Crippen LogP contribution in [0.25, 0.3) is 0 Å². The normalized spacial score (nSPS) is 11.9. The van der Waals surface area contributed by atoms with Crippen molar-refractivity contribution in [2.75, 3.05) is 6.61 Å². The lowest BCUT2D eigenvalue weighted by Crippen LogP contribution is -2.23. The van der Waals surface area contributed by atoms with Crippen LogP contribution in [-0.4, -0.2) is 37.9 Å². The molecule has 0 aliphatic heterocycles. The molecule has 0 amide bonds. The number of aliphatic carboxylic acids is 1. The van der Waals surface area contributed by atoms with E-state index in [1.165, 1.54) is 4.68 Å². The SMILES string of the molecule is CCCC(C(=O)O)n1nnnc1COc1ccc(OCC)cc1. The summed E-state index contributed by atoms with van der Waals surface area (Å²) in [5.74, 6) is 0.810. The van der Waals surface area contributed by atoms with E-state index in [1.807, 2.05) is 13.8 Å². The molecule has 2 rings (SSSR count). The minimum Gasteiger partial charge on any atom is -0.494 e. The van der Waals surface area contributed by atoms with Gasteiger partial charge in [-0.2, -0.15) is 0 Å². The van der Waals surface area contributed by atoms with Crippen LogP contribution in [-0.2, 0) is 11.4 Å². The Morgan fingerprint density at radius 3 is 2.43 bits per heavy atom. The predicted molar refractivity (Wildman–Crippen MR) is 81.3 cm³/mol. The second-order valence-corrected chi connectivity index (χ2v) is 4.88. The molecule has 23 heavy (non-hydrogen) atoms. The summed E-state index contributed by atoms with van der Waals surface area (Å²) >= 11 is 0. The second-order valence-electron chi connectivity index (χ2n) is 4.88. The van der Waals surface area contributed by atoms with E-state index in [9.17, 15) is 9.90 Å². The summed E-state index contributed by atoms with van der Waals surface area (Å²) in [7, 11) is 0. The average molecular weight is 320 g/mol. The first kappa shape index (κ1) is 16.7. The number of rotatable bonds is 9. The fourth-order valence-electron chi connectivity index (χ4n) is 2.12. The van der Waals surface area contributed by atoms with Crippen LogP contribution in [0.15, 0.2) is 24.3 Å². The molecule has 0 aliphatic carbocycles. The smallest absolute Gasteiger partial charge is 0.328 e. The van der Waals surface area contributed by atoms with Crippen molar-refractivity contribution in [3.63, 3.8) is 0 Å². The molecule has 2 aromatic rings. The van der Waals surface area contributed by atoms with Crippen molar-refractivity contribution < 1.29 is 19.4 Å². The molecule has 1 aromatic carbocycles. The molecule has 0 bridgehead atoms. The van der Waals surface area contributed by atoms with Gasteiger partial charge in [0.25, 0.3) is 0 Å². The predicted octanol–water partition coefficient (Wildman–Crippen LogP) is 2.08. The van der Waals surface area contributed by atoms with Crippen LogP contribution < -0.4 is 9.47 Å². The van der Waals surface area contributed by atoms with Crippen molar-refractivity contribution in [2.24, 2.45) is 0 Å². The molecule has 0 fully saturated rings. The first-order chi connectivity index (χ1) is 11.2. The van der Waals surface area contributed by atoms with Crippen molar-refractivity contribution in [3.8, 4) is 11.5 Å². The van der Waals surface area contributed by atoms with Crippen molar-refractivity contribution in [1.29, 1.82) is 0 Å². The number of carbonyl (C=O) groups is 1. The molecule has 1 N–H and O–H groups in total. The highest BCUT2D eigenvalue weighted by Crippen LogP contribution is 2.19. The first-order valence-electron chi connectivity index (χ1n) is 7.50. The quantitative estimate of drug-likeness (QED) is 0.755. The number of ether oxygens (including phenoxy) is 2. The fourth-order valence-corrected chi connectivity index (χ4v) is 2.12. The van der Waals surface area contributed by atoms with Crippen LogP contribution in [0.1, 0.15) is 38.6 Å². The van der Waals surface area contributed by atoms with Crippen LogP contribution in [0.4, 0.5) is 0 Å². The van der Waals surface area contributed by atoms with Gasteiger partial charge < -0.3 is 14.6 Å². The van der Waals surface area contributed by atoms with Gasteiger partial charge in [-0.05, 0) is 48.0 Å². The molecule has 1 aromatic heterocycles. The summed E-state index contributed by atoms with van der Waals surface area (Å²) < 4.78 is 12.3. The van der Waals surface area contributed by atoms with Gasteiger partial charge in [-0.15, -0.1) is 5.10 Å². The molecule has 0 saturated heterocycles. The molecule has 1 unspecified atom stereocenters. The molecule has 8 heteroatoms. The van der Waals surface area contributed by atoms with Crippen LogP contribution >= 0.6 is 0 Å². The second kappa shape index (κ2) is 8.11. The zero-order valence-electron chi connectivity index (χ0n) is 13.2. The van der Waals surface area contributed by atoms with Gasteiger partial charge in [-0.3, -0.25) is 0 Å². The zero-order chi connectivity index (χ0) is 16.7. The topological polar surface area (TPSA) is 99.4 Å². The highest BCUT2D eigenvalue weighted by atomic mass is 16.5. The molecule has 1 heterocycles. The summed E-state index contributed by atoms with van der Waals surface area (Å²) in [6.07, 6.45) is 1.17. The number of carboxylic acids is 1. The largest absolute Gasteiger partial charge is 0.494 e. The minimum atomic E-state index is -0.957.